The summed E-state index contributed by atoms with van der Waals surface area (Å²) in [5, 5.41) is 0. The molecule has 1 aromatic rings. The van der Waals surface area contributed by atoms with Crippen molar-refractivity contribution in [3.05, 3.63) is 35.9 Å². The molecule has 2 heteroatoms. The topological polar surface area (TPSA) is 18.5 Å². The Bertz CT molecular complexity index is 492. The molecule has 1 aliphatic carbocycles. The molecule has 1 saturated heterocycles. The van der Waals surface area contributed by atoms with Crippen LogP contribution in [0.2, 0.25) is 0 Å². The fourth-order valence-electron chi connectivity index (χ4n) is 3.37. The summed E-state index contributed by atoms with van der Waals surface area (Å²) in [6.07, 6.45) is 2.25. The summed E-state index contributed by atoms with van der Waals surface area (Å²) in [7, 11) is 1.71. The zero-order chi connectivity index (χ0) is 12.8. The summed E-state index contributed by atoms with van der Waals surface area (Å²) in [6.45, 7) is 8.39. The van der Waals surface area contributed by atoms with Gasteiger partial charge in [-0.05, 0) is 47.1 Å². The predicted molar refractivity (Wildman–Crippen MR) is 72.8 cm³/mol. The first-order valence-corrected chi connectivity index (χ1v) is 6.58. The molecule has 1 heterocycles. The second-order valence-corrected chi connectivity index (χ2v) is 5.76. The Kier molecular flexibility index (Phi) is 2.70. The van der Waals surface area contributed by atoms with Gasteiger partial charge in [0.15, 0.2) is 0 Å². The summed E-state index contributed by atoms with van der Waals surface area (Å²) in [4.78, 5) is 0. The molecule has 0 amide bonds. The number of rotatable bonds is 1. The van der Waals surface area contributed by atoms with Crippen molar-refractivity contribution in [2.24, 2.45) is 11.3 Å². The molecule has 1 fully saturated rings. The van der Waals surface area contributed by atoms with Gasteiger partial charge < -0.3 is 9.47 Å². The van der Waals surface area contributed by atoms with Crippen LogP contribution in [0.5, 0.6) is 5.75 Å². The molecule has 2 aliphatic rings. The number of methoxy groups -OCH3 is 1. The molecule has 1 aromatic carbocycles. The largest absolute Gasteiger partial charge is 0.497 e. The average molecular weight is 244 g/mol. The fourth-order valence-corrected chi connectivity index (χ4v) is 3.37. The average Bonchev–Trinajstić information content (AvgIpc) is 2.38. The molecule has 0 unspecified atom stereocenters. The maximum absolute atomic E-state index is 5.65. The molecular weight excluding hydrogens is 224 g/mol. The van der Waals surface area contributed by atoms with Gasteiger partial charge in [-0.2, -0.15) is 0 Å². The monoisotopic (exact) mass is 244 g/mol. The van der Waals surface area contributed by atoms with Crippen molar-refractivity contribution >= 4 is 5.57 Å². The fraction of sp³-hybridized carbons (Fsp3) is 0.500. The molecule has 0 N–H and O–H groups in total. The Morgan fingerprint density at radius 1 is 1.44 bits per heavy atom. The van der Waals surface area contributed by atoms with Crippen LogP contribution in [-0.2, 0) is 11.2 Å². The Morgan fingerprint density at radius 2 is 2.28 bits per heavy atom. The minimum Gasteiger partial charge on any atom is -0.497 e. The van der Waals surface area contributed by atoms with E-state index < -0.39 is 0 Å². The number of fused-ring (bicyclic) bond motifs is 2. The van der Waals surface area contributed by atoms with Crippen LogP contribution in [-0.4, -0.2) is 20.3 Å². The van der Waals surface area contributed by atoms with Crippen LogP contribution in [0.3, 0.4) is 0 Å². The van der Waals surface area contributed by atoms with E-state index in [1.807, 2.05) is 0 Å². The number of benzene rings is 1. The molecule has 0 spiro atoms. The first-order valence-electron chi connectivity index (χ1n) is 6.58. The molecular formula is C16H20O2. The molecule has 2 atom stereocenters. The highest BCUT2D eigenvalue weighted by molar-refractivity contribution is 5.72. The lowest BCUT2D eigenvalue weighted by molar-refractivity contribution is -0.0104. The van der Waals surface area contributed by atoms with Gasteiger partial charge in [0.05, 0.1) is 13.7 Å². The van der Waals surface area contributed by atoms with Gasteiger partial charge in [-0.15, -0.1) is 0 Å². The van der Waals surface area contributed by atoms with Crippen LogP contribution in [0.25, 0.3) is 5.57 Å². The van der Waals surface area contributed by atoms with E-state index in [4.69, 9.17) is 9.47 Å². The minimum atomic E-state index is 0.316. The summed E-state index contributed by atoms with van der Waals surface area (Å²) >= 11 is 0. The van der Waals surface area contributed by atoms with Gasteiger partial charge in [0.2, 0.25) is 0 Å². The van der Waals surface area contributed by atoms with Gasteiger partial charge in [-0.3, -0.25) is 0 Å². The standard InChI is InChI=1S/C16H20O2/c1-11-14-8-13(17-3)5-4-12(14)9-16(2)6-7-18-10-15(11)16/h4-5,8,15H,1,6-7,9-10H2,2-3H3/t15-,16-/m0/s1. The molecule has 1 aliphatic heterocycles. The van der Waals surface area contributed by atoms with Crippen molar-refractivity contribution in [3.8, 4) is 5.75 Å². The van der Waals surface area contributed by atoms with Crippen LogP contribution in [0.1, 0.15) is 24.5 Å². The van der Waals surface area contributed by atoms with Crippen molar-refractivity contribution in [2.45, 2.75) is 19.8 Å². The molecule has 2 nitrogen and oxygen atoms in total. The summed E-state index contributed by atoms with van der Waals surface area (Å²) < 4.78 is 11.0. The number of hydrogen-bond acceptors (Lipinski definition) is 2. The highest BCUT2D eigenvalue weighted by Crippen LogP contribution is 2.50. The third-order valence-electron chi connectivity index (χ3n) is 4.62. The zero-order valence-electron chi connectivity index (χ0n) is 11.2. The van der Waals surface area contributed by atoms with E-state index >= 15 is 0 Å². The first kappa shape index (κ1) is 11.8. The van der Waals surface area contributed by atoms with Crippen molar-refractivity contribution in [1.82, 2.24) is 0 Å². The summed E-state index contributed by atoms with van der Waals surface area (Å²) in [5.74, 6) is 1.36. The zero-order valence-corrected chi connectivity index (χ0v) is 11.2. The van der Waals surface area contributed by atoms with Crippen LogP contribution in [0.15, 0.2) is 24.8 Å². The third-order valence-corrected chi connectivity index (χ3v) is 4.62. The first-order chi connectivity index (χ1) is 8.64. The lowest BCUT2D eigenvalue weighted by Gasteiger charge is -2.46. The number of ether oxygens (including phenoxy) is 2. The highest BCUT2D eigenvalue weighted by Gasteiger charge is 2.43. The van der Waals surface area contributed by atoms with Crippen LogP contribution < -0.4 is 4.74 Å². The van der Waals surface area contributed by atoms with Crippen LogP contribution >= 0.6 is 0 Å². The lowest BCUT2D eigenvalue weighted by Crippen LogP contribution is -2.41. The van der Waals surface area contributed by atoms with Gasteiger partial charge in [-0.1, -0.05) is 19.6 Å². The van der Waals surface area contributed by atoms with Gasteiger partial charge in [0.1, 0.15) is 5.75 Å². The molecule has 3 rings (SSSR count). The van der Waals surface area contributed by atoms with E-state index in [1.165, 1.54) is 16.7 Å². The van der Waals surface area contributed by atoms with Gasteiger partial charge >= 0.3 is 0 Å². The van der Waals surface area contributed by atoms with E-state index in [9.17, 15) is 0 Å². The van der Waals surface area contributed by atoms with E-state index in [1.54, 1.807) is 7.11 Å². The van der Waals surface area contributed by atoms with Crippen LogP contribution in [0, 0.1) is 11.3 Å². The molecule has 0 bridgehead atoms. The quantitative estimate of drug-likeness (QED) is 0.754. The normalized spacial score (nSPS) is 30.6. The maximum Gasteiger partial charge on any atom is 0.119 e. The molecule has 0 radical (unpaired) electrons. The van der Waals surface area contributed by atoms with Gasteiger partial charge in [0.25, 0.3) is 0 Å². The molecule has 0 saturated carbocycles. The lowest BCUT2D eigenvalue weighted by atomic mass is 9.61. The van der Waals surface area contributed by atoms with Crippen molar-refractivity contribution in [1.29, 1.82) is 0 Å². The number of hydrogen-bond donors (Lipinski definition) is 0. The van der Waals surface area contributed by atoms with E-state index in [0.29, 0.717) is 11.3 Å². The van der Waals surface area contributed by atoms with E-state index in [-0.39, 0.29) is 0 Å². The molecule has 18 heavy (non-hydrogen) atoms. The Labute approximate surface area is 109 Å². The Balaban J connectivity index is 2.06. The van der Waals surface area contributed by atoms with Crippen molar-refractivity contribution < 1.29 is 9.47 Å². The summed E-state index contributed by atoms with van der Waals surface area (Å²) in [6, 6.07) is 6.36. The van der Waals surface area contributed by atoms with Crippen LogP contribution in [0.4, 0.5) is 0 Å². The highest BCUT2D eigenvalue weighted by atomic mass is 16.5. The van der Waals surface area contributed by atoms with E-state index in [2.05, 4.69) is 31.7 Å². The minimum absolute atomic E-state index is 0.316. The smallest absolute Gasteiger partial charge is 0.119 e. The second-order valence-electron chi connectivity index (χ2n) is 5.76. The maximum atomic E-state index is 5.65. The van der Waals surface area contributed by atoms with E-state index in [0.717, 1.165) is 31.8 Å². The molecule has 0 aromatic heterocycles. The Morgan fingerprint density at radius 3 is 3.06 bits per heavy atom. The summed E-state index contributed by atoms with van der Waals surface area (Å²) in [5.41, 5.74) is 4.21. The second kappa shape index (κ2) is 4.13. The SMILES string of the molecule is C=C1c2cc(OC)ccc2C[C@]2(C)CCOC[C@@H]12. The molecule has 96 valence electrons. The van der Waals surface area contributed by atoms with Crippen molar-refractivity contribution in [2.75, 3.05) is 20.3 Å². The Hall–Kier alpha value is -1.28. The van der Waals surface area contributed by atoms with Gasteiger partial charge in [-0.25, -0.2) is 0 Å². The van der Waals surface area contributed by atoms with Crippen molar-refractivity contribution in [3.63, 3.8) is 0 Å². The predicted octanol–water partition coefficient (Wildman–Crippen LogP) is 3.31. The van der Waals surface area contributed by atoms with Gasteiger partial charge in [0, 0.05) is 12.5 Å². The third kappa shape index (κ3) is 1.67.